The van der Waals surface area contributed by atoms with E-state index in [1.165, 1.54) is 0 Å². The van der Waals surface area contributed by atoms with Crippen molar-refractivity contribution >= 4 is 20.2 Å². The molecule has 0 aliphatic heterocycles. The van der Waals surface area contributed by atoms with Gasteiger partial charge in [0.15, 0.2) is 0 Å². The van der Waals surface area contributed by atoms with E-state index in [1.54, 1.807) is 13.8 Å². The highest BCUT2D eigenvalue weighted by Gasteiger charge is 2.23. The van der Waals surface area contributed by atoms with Gasteiger partial charge in [-0.1, -0.05) is 13.8 Å². The summed E-state index contributed by atoms with van der Waals surface area (Å²) in [6.45, 7) is 3.04. The van der Waals surface area contributed by atoms with Crippen LogP contribution in [0, 0.1) is 5.41 Å². The van der Waals surface area contributed by atoms with Crippen LogP contribution in [-0.4, -0.2) is 42.6 Å². The minimum absolute atomic E-state index is 0.124. The Morgan fingerprint density at radius 3 is 1.33 bits per heavy atom. The van der Waals surface area contributed by atoms with Gasteiger partial charge in [0, 0.05) is 5.41 Å². The second-order valence-electron chi connectivity index (χ2n) is 4.10. The number of rotatable bonds is 6. The van der Waals surface area contributed by atoms with E-state index < -0.39 is 25.7 Å². The van der Waals surface area contributed by atoms with E-state index in [0.717, 1.165) is 12.5 Å². The summed E-state index contributed by atoms with van der Waals surface area (Å²) in [6.07, 6.45) is 1.86. The van der Waals surface area contributed by atoms with E-state index in [1.807, 2.05) is 0 Å². The van der Waals surface area contributed by atoms with Gasteiger partial charge < -0.3 is 0 Å². The fourth-order valence-corrected chi connectivity index (χ4v) is 1.64. The SMILES string of the molecule is CC(C)(COS(C)(=O)=O)COS(C)(=O)=O. The zero-order valence-corrected chi connectivity index (χ0v) is 10.8. The Morgan fingerprint density at radius 2 is 1.13 bits per heavy atom. The summed E-state index contributed by atoms with van der Waals surface area (Å²) in [5, 5.41) is 0. The van der Waals surface area contributed by atoms with Crippen LogP contribution in [0.1, 0.15) is 13.8 Å². The van der Waals surface area contributed by atoms with Crippen LogP contribution < -0.4 is 0 Å². The van der Waals surface area contributed by atoms with Gasteiger partial charge in [-0.15, -0.1) is 0 Å². The average molecular weight is 260 g/mol. The summed E-state index contributed by atoms with van der Waals surface area (Å²) in [7, 11) is -7.03. The fourth-order valence-electron chi connectivity index (χ4n) is 0.575. The molecule has 0 heterocycles. The standard InChI is InChI=1S/C7H16O6S2/c1-7(2,5-12-14(3,8)9)6-13-15(4,10)11/h5-6H2,1-4H3. The molecule has 8 heteroatoms. The topological polar surface area (TPSA) is 86.7 Å². The maximum absolute atomic E-state index is 10.7. The smallest absolute Gasteiger partial charge is 0.264 e. The van der Waals surface area contributed by atoms with Crippen molar-refractivity contribution in [1.82, 2.24) is 0 Å². The molecule has 0 aliphatic rings. The minimum Gasteiger partial charge on any atom is -0.270 e. The van der Waals surface area contributed by atoms with Crippen LogP contribution in [0.2, 0.25) is 0 Å². The first-order valence-corrected chi connectivity index (χ1v) is 7.73. The lowest BCUT2D eigenvalue weighted by atomic mass is 9.97. The first-order chi connectivity index (χ1) is 6.41. The molecule has 0 aromatic carbocycles. The molecule has 0 aromatic rings. The van der Waals surface area contributed by atoms with E-state index in [2.05, 4.69) is 8.37 Å². The van der Waals surface area contributed by atoms with Crippen LogP contribution in [0.3, 0.4) is 0 Å². The average Bonchev–Trinajstić information content (AvgIpc) is 1.96. The summed E-state index contributed by atoms with van der Waals surface area (Å²) >= 11 is 0. The quantitative estimate of drug-likeness (QED) is 0.623. The normalized spacial score (nSPS) is 14.1. The van der Waals surface area contributed by atoms with Gasteiger partial charge in [-0.25, -0.2) is 0 Å². The van der Waals surface area contributed by atoms with Crippen molar-refractivity contribution < 1.29 is 25.2 Å². The van der Waals surface area contributed by atoms with E-state index in [-0.39, 0.29) is 13.2 Å². The van der Waals surface area contributed by atoms with Gasteiger partial charge in [0.1, 0.15) is 0 Å². The molecule has 6 nitrogen and oxygen atoms in total. The molecular weight excluding hydrogens is 244 g/mol. The van der Waals surface area contributed by atoms with Gasteiger partial charge in [-0.2, -0.15) is 16.8 Å². The van der Waals surface area contributed by atoms with Gasteiger partial charge in [0.2, 0.25) is 0 Å². The molecule has 15 heavy (non-hydrogen) atoms. The summed E-state index contributed by atoms with van der Waals surface area (Å²) in [4.78, 5) is 0. The third kappa shape index (κ3) is 10.1. The van der Waals surface area contributed by atoms with Crippen molar-refractivity contribution in [1.29, 1.82) is 0 Å². The minimum atomic E-state index is -3.52. The molecule has 0 rings (SSSR count). The van der Waals surface area contributed by atoms with Gasteiger partial charge in [0.05, 0.1) is 25.7 Å². The zero-order valence-electron chi connectivity index (χ0n) is 9.18. The summed E-state index contributed by atoms with van der Waals surface area (Å²) in [5.74, 6) is 0. The third-order valence-electron chi connectivity index (χ3n) is 1.33. The second kappa shape index (κ2) is 4.77. The highest BCUT2D eigenvalue weighted by molar-refractivity contribution is 7.86. The molecule has 0 aromatic heterocycles. The molecule has 0 aliphatic carbocycles. The van der Waals surface area contributed by atoms with Gasteiger partial charge in [-0.05, 0) is 0 Å². The molecule has 0 saturated carbocycles. The predicted octanol–water partition coefficient (Wildman–Crippen LogP) is -0.0350. The summed E-state index contributed by atoms with van der Waals surface area (Å²) in [5.41, 5.74) is -0.688. The Bertz CT molecular complexity index is 353. The van der Waals surface area contributed by atoms with Crippen molar-refractivity contribution in [2.45, 2.75) is 13.8 Å². The lowest BCUT2D eigenvalue weighted by Crippen LogP contribution is -2.28. The molecule has 0 fully saturated rings. The Balaban J connectivity index is 4.21. The highest BCUT2D eigenvalue weighted by atomic mass is 32.2. The van der Waals surface area contributed by atoms with Crippen molar-refractivity contribution in [2.24, 2.45) is 5.41 Å². The van der Waals surface area contributed by atoms with Gasteiger partial charge in [-0.3, -0.25) is 8.37 Å². The molecule has 0 atom stereocenters. The molecule has 0 spiro atoms. The maximum Gasteiger partial charge on any atom is 0.264 e. The zero-order chi connectivity index (χ0) is 12.3. The van der Waals surface area contributed by atoms with Crippen molar-refractivity contribution in [2.75, 3.05) is 25.7 Å². The maximum atomic E-state index is 10.7. The second-order valence-corrected chi connectivity index (χ2v) is 7.38. The first-order valence-electron chi connectivity index (χ1n) is 4.10. The lowest BCUT2D eigenvalue weighted by Gasteiger charge is -2.22. The largest absolute Gasteiger partial charge is 0.270 e. The lowest BCUT2D eigenvalue weighted by molar-refractivity contribution is 0.119. The van der Waals surface area contributed by atoms with E-state index in [0.29, 0.717) is 0 Å². The Kier molecular flexibility index (Phi) is 4.71. The van der Waals surface area contributed by atoms with Crippen LogP contribution in [-0.2, 0) is 28.6 Å². The van der Waals surface area contributed by atoms with E-state index in [4.69, 9.17) is 0 Å². The highest BCUT2D eigenvalue weighted by Crippen LogP contribution is 2.17. The Morgan fingerprint density at radius 1 is 0.867 bits per heavy atom. The van der Waals surface area contributed by atoms with Crippen molar-refractivity contribution in [3.05, 3.63) is 0 Å². The molecule has 92 valence electrons. The van der Waals surface area contributed by atoms with E-state index in [9.17, 15) is 16.8 Å². The summed E-state index contributed by atoms with van der Waals surface area (Å²) in [6, 6.07) is 0. The predicted molar refractivity (Wildman–Crippen MR) is 55.4 cm³/mol. The Labute approximate surface area is 90.8 Å². The first kappa shape index (κ1) is 14.8. The van der Waals surface area contributed by atoms with Crippen molar-refractivity contribution in [3.63, 3.8) is 0 Å². The fraction of sp³-hybridized carbons (Fsp3) is 1.00. The molecular formula is C7H16O6S2. The molecule has 0 saturated heterocycles. The monoisotopic (exact) mass is 260 g/mol. The van der Waals surface area contributed by atoms with Crippen LogP contribution in [0.4, 0.5) is 0 Å². The molecule has 0 unspecified atom stereocenters. The Hall–Kier alpha value is -0.180. The molecule has 0 bridgehead atoms. The van der Waals surface area contributed by atoms with Crippen molar-refractivity contribution in [3.8, 4) is 0 Å². The summed E-state index contributed by atoms with van der Waals surface area (Å²) < 4.78 is 51.9. The van der Waals surface area contributed by atoms with Crippen LogP contribution >= 0.6 is 0 Å². The van der Waals surface area contributed by atoms with Crippen LogP contribution in [0.15, 0.2) is 0 Å². The molecule has 0 amide bonds. The number of hydrogen-bond donors (Lipinski definition) is 0. The van der Waals surface area contributed by atoms with Crippen LogP contribution in [0.25, 0.3) is 0 Å². The van der Waals surface area contributed by atoms with E-state index >= 15 is 0 Å². The van der Waals surface area contributed by atoms with Gasteiger partial charge in [0.25, 0.3) is 20.2 Å². The van der Waals surface area contributed by atoms with Gasteiger partial charge >= 0.3 is 0 Å². The van der Waals surface area contributed by atoms with Crippen LogP contribution in [0.5, 0.6) is 0 Å². The third-order valence-corrected chi connectivity index (χ3v) is 2.42. The molecule has 0 radical (unpaired) electrons. The number of hydrogen-bond acceptors (Lipinski definition) is 6. The molecule has 0 N–H and O–H groups in total.